The number of rotatable bonds is 6. The highest BCUT2D eigenvalue weighted by atomic mass is 16.1. The highest BCUT2D eigenvalue weighted by Crippen LogP contribution is 2.19. The van der Waals surface area contributed by atoms with Gasteiger partial charge in [0, 0.05) is 30.6 Å². The third-order valence-electron chi connectivity index (χ3n) is 3.75. The van der Waals surface area contributed by atoms with Gasteiger partial charge in [-0.3, -0.25) is 9.89 Å². The molecule has 122 valence electrons. The van der Waals surface area contributed by atoms with Crippen LogP contribution in [0.1, 0.15) is 35.9 Å². The van der Waals surface area contributed by atoms with Gasteiger partial charge >= 0.3 is 0 Å². The molecule has 0 bridgehead atoms. The van der Waals surface area contributed by atoms with Crippen LogP contribution in [0, 0.1) is 0 Å². The minimum Gasteiger partial charge on any atom is -0.366 e. The first-order chi connectivity index (χ1) is 11.5. The maximum atomic E-state index is 11.5. The molecule has 6 heteroatoms. The van der Waals surface area contributed by atoms with Crippen LogP contribution < -0.4 is 10.6 Å². The van der Waals surface area contributed by atoms with E-state index in [4.69, 9.17) is 0 Å². The van der Waals surface area contributed by atoms with E-state index in [-0.39, 0.29) is 11.8 Å². The van der Waals surface area contributed by atoms with E-state index in [0.29, 0.717) is 22.7 Å². The van der Waals surface area contributed by atoms with Crippen LogP contribution in [0.15, 0.2) is 55.0 Å². The lowest BCUT2D eigenvalue weighted by Crippen LogP contribution is -2.22. The van der Waals surface area contributed by atoms with Crippen molar-refractivity contribution >= 4 is 22.5 Å². The monoisotopic (exact) mass is 321 g/mol. The Kier molecular flexibility index (Phi) is 4.29. The number of anilines is 1. The molecule has 0 saturated carbocycles. The van der Waals surface area contributed by atoms with Crippen molar-refractivity contribution in [1.29, 1.82) is 0 Å². The summed E-state index contributed by atoms with van der Waals surface area (Å²) in [5.74, 6) is 1.18. The molecule has 2 aromatic heterocycles. The van der Waals surface area contributed by atoms with E-state index in [1.54, 1.807) is 12.3 Å². The summed E-state index contributed by atoms with van der Waals surface area (Å²) in [7, 11) is 0. The number of hydrogen-bond donors (Lipinski definition) is 3. The van der Waals surface area contributed by atoms with Gasteiger partial charge in [-0.05, 0) is 12.5 Å². The first kappa shape index (κ1) is 15.7. The number of ketones is 1. The molecule has 0 spiro atoms. The number of carbonyl (C=O) groups is 1. The Labute approximate surface area is 140 Å². The lowest BCUT2D eigenvalue weighted by atomic mass is 10.1. The maximum absolute atomic E-state index is 11.5. The summed E-state index contributed by atoms with van der Waals surface area (Å²) in [4.78, 5) is 15.8. The van der Waals surface area contributed by atoms with Crippen LogP contribution in [0.25, 0.3) is 10.9 Å². The third-order valence-corrected chi connectivity index (χ3v) is 3.75. The fourth-order valence-electron chi connectivity index (χ4n) is 2.53. The van der Waals surface area contributed by atoms with Gasteiger partial charge < -0.3 is 10.6 Å². The number of H-pyrrole nitrogens is 1. The van der Waals surface area contributed by atoms with Gasteiger partial charge in [0.05, 0.1) is 11.3 Å². The number of aromatic amines is 1. The third kappa shape index (κ3) is 3.27. The normalized spacial score (nSPS) is 11.9. The summed E-state index contributed by atoms with van der Waals surface area (Å²) in [6, 6.07) is 12.0. The first-order valence-electron chi connectivity index (χ1n) is 7.67. The first-order valence-corrected chi connectivity index (χ1v) is 7.67. The molecular formula is C18H19N5O. The second-order valence-electron chi connectivity index (χ2n) is 5.62. The number of aromatic nitrogens is 3. The number of pyridine rings is 1. The molecular weight excluding hydrogens is 302 g/mol. The van der Waals surface area contributed by atoms with Crippen molar-refractivity contribution in [3.8, 4) is 0 Å². The summed E-state index contributed by atoms with van der Waals surface area (Å²) >= 11 is 0. The highest BCUT2D eigenvalue weighted by molar-refractivity contribution is 6.04. The minimum atomic E-state index is -0.0912. The van der Waals surface area contributed by atoms with Crippen molar-refractivity contribution in [2.24, 2.45) is 0 Å². The molecule has 24 heavy (non-hydrogen) atoms. The van der Waals surface area contributed by atoms with Crippen molar-refractivity contribution in [3.05, 3.63) is 66.3 Å². The van der Waals surface area contributed by atoms with Gasteiger partial charge in [-0.1, -0.05) is 36.9 Å². The van der Waals surface area contributed by atoms with Crippen LogP contribution in [0.3, 0.4) is 0 Å². The van der Waals surface area contributed by atoms with E-state index in [2.05, 4.69) is 51.5 Å². The van der Waals surface area contributed by atoms with Crippen molar-refractivity contribution in [2.45, 2.75) is 19.9 Å². The molecule has 3 rings (SSSR count). The number of fused-ring (bicyclic) bond motifs is 1. The molecule has 0 amide bonds. The second kappa shape index (κ2) is 6.54. The minimum absolute atomic E-state index is 0.0912. The van der Waals surface area contributed by atoms with E-state index in [9.17, 15) is 4.79 Å². The van der Waals surface area contributed by atoms with Crippen molar-refractivity contribution in [2.75, 3.05) is 5.32 Å². The van der Waals surface area contributed by atoms with Crippen LogP contribution in [-0.4, -0.2) is 21.0 Å². The Morgan fingerprint density at radius 3 is 2.75 bits per heavy atom. The zero-order chi connectivity index (χ0) is 17.1. The van der Waals surface area contributed by atoms with Crippen molar-refractivity contribution < 1.29 is 4.79 Å². The Morgan fingerprint density at radius 1 is 1.29 bits per heavy atom. The van der Waals surface area contributed by atoms with E-state index >= 15 is 0 Å². The van der Waals surface area contributed by atoms with Gasteiger partial charge in [0.15, 0.2) is 5.78 Å². The SMILES string of the molecule is C=C(Nc1cc2[nH]nc(C(C)=O)c2cn1)NC(C)c1ccccc1. The quantitative estimate of drug-likeness (QED) is 0.606. The molecule has 0 radical (unpaired) electrons. The Morgan fingerprint density at radius 2 is 2.04 bits per heavy atom. The molecule has 2 heterocycles. The zero-order valence-corrected chi connectivity index (χ0v) is 13.6. The summed E-state index contributed by atoms with van der Waals surface area (Å²) in [5.41, 5.74) is 2.32. The molecule has 0 aliphatic heterocycles. The number of nitrogens with one attached hydrogen (secondary N) is 3. The summed E-state index contributed by atoms with van der Waals surface area (Å²) in [5, 5.41) is 14.0. The van der Waals surface area contributed by atoms with Crippen molar-refractivity contribution in [1.82, 2.24) is 20.5 Å². The van der Waals surface area contributed by atoms with Gasteiger partial charge in [-0.2, -0.15) is 5.10 Å². The average Bonchev–Trinajstić information content (AvgIpc) is 2.99. The maximum Gasteiger partial charge on any atom is 0.180 e. The number of hydrogen-bond acceptors (Lipinski definition) is 5. The Balaban J connectivity index is 1.70. The van der Waals surface area contributed by atoms with E-state index in [1.807, 2.05) is 18.2 Å². The van der Waals surface area contributed by atoms with Gasteiger partial charge in [0.25, 0.3) is 0 Å². The summed E-state index contributed by atoms with van der Waals surface area (Å²) < 4.78 is 0. The van der Waals surface area contributed by atoms with Gasteiger partial charge in [-0.25, -0.2) is 4.98 Å². The molecule has 6 nitrogen and oxygen atoms in total. The molecule has 0 aliphatic rings. The van der Waals surface area contributed by atoms with Crippen LogP contribution in [0.5, 0.6) is 0 Å². The molecule has 3 N–H and O–H groups in total. The van der Waals surface area contributed by atoms with Crippen LogP contribution in [0.4, 0.5) is 5.82 Å². The molecule has 0 fully saturated rings. The van der Waals surface area contributed by atoms with Crippen LogP contribution in [0.2, 0.25) is 0 Å². The van der Waals surface area contributed by atoms with Gasteiger partial charge in [0.1, 0.15) is 11.5 Å². The summed E-state index contributed by atoms with van der Waals surface area (Å²) in [6.45, 7) is 7.53. The summed E-state index contributed by atoms with van der Waals surface area (Å²) in [6.07, 6.45) is 1.63. The fourth-order valence-corrected chi connectivity index (χ4v) is 2.53. The molecule has 1 unspecified atom stereocenters. The number of benzene rings is 1. The smallest absolute Gasteiger partial charge is 0.180 e. The van der Waals surface area contributed by atoms with Crippen LogP contribution >= 0.6 is 0 Å². The topological polar surface area (TPSA) is 82.7 Å². The number of nitrogens with zero attached hydrogens (tertiary/aromatic N) is 2. The van der Waals surface area contributed by atoms with E-state index < -0.39 is 0 Å². The molecule has 3 aromatic rings. The lowest BCUT2D eigenvalue weighted by molar-refractivity contribution is 0.101. The second-order valence-corrected chi connectivity index (χ2v) is 5.62. The highest BCUT2D eigenvalue weighted by Gasteiger charge is 2.11. The molecule has 1 aromatic carbocycles. The van der Waals surface area contributed by atoms with E-state index in [0.717, 1.165) is 5.52 Å². The number of Topliss-reactive ketones (excluding diaryl/α,β-unsaturated/α-hetero) is 1. The zero-order valence-electron chi connectivity index (χ0n) is 13.6. The predicted molar refractivity (Wildman–Crippen MR) is 94.6 cm³/mol. The van der Waals surface area contributed by atoms with Crippen molar-refractivity contribution in [3.63, 3.8) is 0 Å². The van der Waals surface area contributed by atoms with E-state index in [1.165, 1.54) is 12.5 Å². The predicted octanol–water partition coefficient (Wildman–Crippen LogP) is 3.39. The van der Waals surface area contributed by atoms with Gasteiger partial charge in [0.2, 0.25) is 0 Å². The Bertz CT molecular complexity index is 885. The Hall–Kier alpha value is -3.15. The standard InChI is InChI=1S/C18H19N5O/c1-11(14-7-5-4-6-8-14)20-13(3)21-17-9-16-15(10-19-17)18(12(2)24)23-22-16/h4-11,20H,3H2,1-2H3,(H,19,21)(H,22,23). The van der Waals surface area contributed by atoms with Crippen LogP contribution in [-0.2, 0) is 0 Å². The number of carbonyl (C=O) groups excluding carboxylic acids is 1. The fraction of sp³-hybridized carbons (Fsp3) is 0.167. The average molecular weight is 321 g/mol. The lowest BCUT2D eigenvalue weighted by Gasteiger charge is -2.18. The molecule has 0 saturated heterocycles. The molecule has 0 aliphatic carbocycles. The largest absolute Gasteiger partial charge is 0.366 e. The van der Waals surface area contributed by atoms with Gasteiger partial charge in [-0.15, -0.1) is 0 Å². The molecule has 1 atom stereocenters.